The van der Waals surface area contributed by atoms with Crippen molar-refractivity contribution in [1.29, 1.82) is 0 Å². The van der Waals surface area contributed by atoms with E-state index in [2.05, 4.69) is 0 Å². The molecular formula is C13H23O4. The molecule has 1 heterocycles. The molecule has 0 saturated carbocycles. The molecule has 2 atom stereocenters. The van der Waals surface area contributed by atoms with E-state index in [-0.39, 0.29) is 12.1 Å². The van der Waals surface area contributed by atoms with Crippen LogP contribution in [0, 0.1) is 0 Å². The molecule has 1 aliphatic rings. The Kier molecular flexibility index (Phi) is 7.21. The number of esters is 1. The van der Waals surface area contributed by atoms with E-state index in [9.17, 15) is 9.90 Å². The molecule has 0 N–H and O–H groups in total. The summed E-state index contributed by atoms with van der Waals surface area (Å²) in [6.45, 7) is 3.05. The van der Waals surface area contributed by atoms with Gasteiger partial charge in [-0.1, -0.05) is 6.92 Å². The normalized spacial score (nSPS) is 24.6. The number of hydrogen-bond acceptors (Lipinski definition) is 3. The lowest BCUT2D eigenvalue weighted by molar-refractivity contribution is -0.143. The molecule has 1 rings (SSSR count). The van der Waals surface area contributed by atoms with Crippen LogP contribution < -0.4 is 0 Å². The number of carbonyl (C=O) groups is 1. The predicted molar refractivity (Wildman–Crippen MR) is 63.2 cm³/mol. The highest BCUT2D eigenvalue weighted by molar-refractivity contribution is 5.69. The Morgan fingerprint density at radius 1 is 1.41 bits per heavy atom. The van der Waals surface area contributed by atoms with Crippen molar-refractivity contribution < 1.29 is 19.4 Å². The van der Waals surface area contributed by atoms with Crippen LogP contribution in [0.4, 0.5) is 0 Å². The van der Waals surface area contributed by atoms with Gasteiger partial charge in [0.05, 0.1) is 18.8 Å². The van der Waals surface area contributed by atoms with E-state index >= 15 is 0 Å². The van der Waals surface area contributed by atoms with Crippen LogP contribution in [0.5, 0.6) is 0 Å². The summed E-state index contributed by atoms with van der Waals surface area (Å²) in [7, 11) is 0. The van der Waals surface area contributed by atoms with Crippen molar-refractivity contribution in [2.75, 3.05) is 13.2 Å². The number of carbonyl (C=O) groups excluding carboxylic acids is 1. The summed E-state index contributed by atoms with van der Waals surface area (Å²) >= 11 is 0. The quantitative estimate of drug-likeness (QED) is 0.510. The zero-order valence-corrected chi connectivity index (χ0v) is 10.7. The van der Waals surface area contributed by atoms with Gasteiger partial charge in [0.25, 0.3) is 0 Å². The maximum Gasteiger partial charge on any atom is 0.305 e. The molecule has 1 saturated heterocycles. The van der Waals surface area contributed by atoms with Crippen LogP contribution in [-0.4, -0.2) is 31.4 Å². The lowest BCUT2D eigenvalue weighted by Gasteiger charge is -2.25. The Morgan fingerprint density at radius 3 is 2.94 bits per heavy atom. The average molecular weight is 243 g/mol. The van der Waals surface area contributed by atoms with Gasteiger partial charge in [0.2, 0.25) is 0 Å². The summed E-state index contributed by atoms with van der Waals surface area (Å²) in [6.07, 6.45) is 5.01. The van der Waals surface area contributed by atoms with Gasteiger partial charge in [-0.3, -0.25) is 4.79 Å². The zero-order valence-electron chi connectivity index (χ0n) is 10.7. The van der Waals surface area contributed by atoms with Crippen molar-refractivity contribution in [2.45, 2.75) is 64.1 Å². The SMILES string of the molecule is CCCC(=O)OCCCCC1CC([O])CCO1. The summed E-state index contributed by atoms with van der Waals surface area (Å²) in [6, 6.07) is 0. The molecule has 0 amide bonds. The first-order valence-electron chi connectivity index (χ1n) is 6.65. The predicted octanol–water partition coefficient (Wildman–Crippen LogP) is 2.48. The van der Waals surface area contributed by atoms with Crippen LogP contribution >= 0.6 is 0 Å². The van der Waals surface area contributed by atoms with Gasteiger partial charge in [0.15, 0.2) is 0 Å². The third-order valence-corrected chi connectivity index (χ3v) is 2.96. The van der Waals surface area contributed by atoms with Crippen LogP contribution in [0.2, 0.25) is 0 Å². The third-order valence-electron chi connectivity index (χ3n) is 2.96. The molecule has 0 bridgehead atoms. The van der Waals surface area contributed by atoms with Crippen LogP contribution in [0.1, 0.15) is 51.9 Å². The van der Waals surface area contributed by atoms with Gasteiger partial charge in [0, 0.05) is 25.9 Å². The first kappa shape index (κ1) is 14.5. The smallest absolute Gasteiger partial charge is 0.305 e. The zero-order chi connectivity index (χ0) is 12.5. The second-order valence-corrected chi connectivity index (χ2v) is 4.61. The lowest BCUT2D eigenvalue weighted by Crippen LogP contribution is -2.28. The van der Waals surface area contributed by atoms with Crippen molar-refractivity contribution in [3.8, 4) is 0 Å². The van der Waals surface area contributed by atoms with E-state index in [0.29, 0.717) is 32.5 Å². The van der Waals surface area contributed by atoms with E-state index < -0.39 is 6.10 Å². The first-order chi connectivity index (χ1) is 8.22. The van der Waals surface area contributed by atoms with Crippen LogP contribution in [-0.2, 0) is 19.4 Å². The number of rotatable bonds is 7. The topological polar surface area (TPSA) is 55.4 Å². The molecule has 0 aliphatic carbocycles. The second-order valence-electron chi connectivity index (χ2n) is 4.61. The van der Waals surface area contributed by atoms with Crippen molar-refractivity contribution in [3.63, 3.8) is 0 Å². The van der Waals surface area contributed by atoms with Gasteiger partial charge >= 0.3 is 5.97 Å². The number of hydrogen-bond donors (Lipinski definition) is 0. The Balaban J connectivity index is 1.95. The van der Waals surface area contributed by atoms with Gasteiger partial charge in [-0.25, -0.2) is 5.11 Å². The van der Waals surface area contributed by atoms with Gasteiger partial charge in [-0.05, 0) is 25.7 Å². The highest BCUT2D eigenvalue weighted by Gasteiger charge is 2.21. The number of unbranched alkanes of at least 4 members (excludes halogenated alkanes) is 1. The molecule has 4 nitrogen and oxygen atoms in total. The molecule has 2 unspecified atom stereocenters. The Labute approximate surface area is 103 Å². The molecule has 0 aromatic rings. The van der Waals surface area contributed by atoms with E-state index in [0.717, 1.165) is 25.7 Å². The monoisotopic (exact) mass is 243 g/mol. The lowest BCUT2D eigenvalue weighted by atomic mass is 10.0. The molecule has 0 spiro atoms. The van der Waals surface area contributed by atoms with Crippen molar-refractivity contribution >= 4 is 5.97 Å². The highest BCUT2D eigenvalue weighted by Crippen LogP contribution is 2.18. The average Bonchev–Trinajstić information content (AvgIpc) is 2.29. The summed E-state index contributed by atoms with van der Waals surface area (Å²) in [4.78, 5) is 11.1. The molecule has 0 aromatic heterocycles. The first-order valence-corrected chi connectivity index (χ1v) is 6.65. The number of ether oxygens (including phenoxy) is 2. The van der Waals surface area contributed by atoms with Crippen LogP contribution in [0.3, 0.4) is 0 Å². The minimum absolute atomic E-state index is 0.110. The van der Waals surface area contributed by atoms with Crippen molar-refractivity contribution in [2.24, 2.45) is 0 Å². The minimum Gasteiger partial charge on any atom is -0.466 e. The van der Waals surface area contributed by atoms with Crippen LogP contribution in [0.25, 0.3) is 0 Å². The molecule has 4 heteroatoms. The standard InChI is InChI=1S/C13H23O4/c1-2-5-13(15)17-8-4-3-6-12-10-11(14)7-9-16-12/h11-12H,2-10H2,1H3. The third kappa shape index (κ3) is 6.64. The minimum atomic E-state index is -0.448. The fourth-order valence-electron chi connectivity index (χ4n) is 1.98. The van der Waals surface area contributed by atoms with Crippen molar-refractivity contribution in [1.82, 2.24) is 0 Å². The maximum atomic E-state index is 11.3. The van der Waals surface area contributed by atoms with E-state index in [4.69, 9.17) is 9.47 Å². The van der Waals surface area contributed by atoms with Gasteiger partial charge in [0.1, 0.15) is 0 Å². The molecule has 17 heavy (non-hydrogen) atoms. The fraction of sp³-hybridized carbons (Fsp3) is 0.923. The second kappa shape index (κ2) is 8.48. The van der Waals surface area contributed by atoms with Gasteiger partial charge in [-0.15, -0.1) is 0 Å². The van der Waals surface area contributed by atoms with Crippen molar-refractivity contribution in [3.05, 3.63) is 0 Å². The molecule has 1 aliphatic heterocycles. The summed E-state index contributed by atoms with van der Waals surface area (Å²) in [5.74, 6) is -0.110. The Hall–Kier alpha value is -0.610. The Morgan fingerprint density at radius 2 is 2.24 bits per heavy atom. The molecular weight excluding hydrogens is 220 g/mol. The largest absolute Gasteiger partial charge is 0.466 e. The summed E-state index contributed by atoms with van der Waals surface area (Å²) in [5.41, 5.74) is 0. The molecule has 0 aromatic carbocycles. The van der Waals surface area contributed by atoms with E-state index in [1.807, 2.05) is 6.92 Å². The summed E-state index contributed by atoms with van der Waals surface area (Å²) < 4.78 is 10.6. The summed E-state index contributed by atoms with van der Waals surface area (Å²) in [5, 5.41) is 11.3. The van der Waals surface area contributed by atoms with Gasteiger partial charge < -0.3 is 9.47 Å². The van der Waals surface area contributed by atoms with Gasteiger partial charge in [-0.2, -0.15) is 0 Å². The fourth-order valence-corrected chi connectivity index (χ4v) is 1.98. The van der Waals surface area contributed by atoms with E-state index in [1.165, 1.54) is 0 Å². The Bertz CT molecular complexity index is 217. The highest BCUT2D eigenvalue weighted by atomic mass is 16.5. The van der Waals surface area contributed by atoms with Crippen LogP contribution in [0.15, 0.2) is 0 Å². The van der Waals surface area contributed by atoms with E-state index in [1.54, 1.807) is 0 Å². The molecule has 1 fully saturated rings. The molecule has 99 valence electrons. The maximum absolute atomic E-state index is 11.3. The molecule has 1 radical (unpaired) electrons.